The van der Waals surface area contributed by atoms with Gasteiger partial charge in [-0.25, -0.2) is 9.48 Å². The van der Waals surface area contributed by atoms with Gasteiger partial charge in [-0.2, -0.15) is 5.10 Å². The van der Waals surface area contributed by atoms with E-state index in [1.807, 2.05) is 61.9 Å². The first-order valence-electron chi connectivity index (χ1n) is 10.2. The molecule has 0 bridgehead atoms. The molecule has 6 heteroatoms. The Bertz CT molecular complexity index is 1080. The van der Waals surface area contributed by atoms with Crippen LogP contribution in [0.2, 0.25) is 5.02 Å². The fourth-order valence-electron chi connectivity index (χ4n) is 3.77. The molecule has 0 N–H and O–H groups in total. The molecule has 0 atom stereocenters. The Morgan fingerprint density at radius 3 is 2.47 bits per heavy atom. The highest BCUT2D eigenvalue weighted by atomic mass is 35.5. The minimum Gasteiger partial charge on any atom is -0.444 e. The number of rotatable bonds is 3. The maximum Gasteiger partial charge on any atom is 0.410 e. The molecule has 0 fully saturated rings. The predicted molar refractivity (Wildman–Crippen MR) is 119 cm³/mol. The predicted octanol–water partition coefficient (Wildman–Crippen LogP) is 6.01. The molecule has 1 aromatic heterocycles. The Balaban J connectivity index is 1.79. The molecule has 4 rings (SSSR count). The van der Waals surface area contributed by atoms with E-state index in [-0.39, 0.29) is 6.09 Å². The molecule has 0 saturated heterocycles. The van der Waals surface area contributed by atoms with Gasteiger partial charge in [-0.3, -0.25) is 4.90 Å². The van der Waals surface area contributed by atoms with Crippen LogP contribution >= 0.6 is 11.6 Å². The van der Waals surface area contributed by atoms with E-state index in [2.05, 4.69) is 19.1 Å². The van der Waals surface area contributed by atoms with E-state index in [0.717, 1.165) is 34.6 Å². The number of ether oxygens (including phenoxy) is 1. The monoisotopic (exact) mass is 423 g/mol. The summed E-state index contributed by atoms with van der Waals surface area (Å²) in [6.07, 6.45) is 0.591. The van der Waals surface area contributed by atoms with Crippen molar-refractivity contribution in [3.63, 3.8) is 0 Å². The number of aryl methyl sites for hydroxylation is 1. The van der Waals surface area contributed by atoms with Gasteiger partial charge in [-0.05, 0) is 51.0 Å². The van der Waals surface area contributed by atoms with Crippen LogP contribution in [-0.4, -0.2) is 26.4 Å². The summed E-state index contributed by atoms with van der Waals surface area (Å²) in [6, 6.07) is 16.1. The number of benzene rings is 2. The molecular weight excluding hydrogens is 398 g/mol. The molecule has 0 saturated carbocycles. The van der Waals surface area contributed by atoms with E-state index >= 15 is 0 Å². The zero-order chi connectivity index (χ0) is 21.5. The first-order valence-corrected chi connectivity index (χ1v) is 10.6. The molecule has 156 valence electrons. The van der Waals surface area contributed by atoms with Crippen LogP contribution in [-0.2, 0) is 24.2 Å². The maximum atomic E-state index is 12.6. The van der Waals surface area contributed by atoms with Crippen LogP contribution in [0.15, 0.2) is 48.5 Å². The second-order valence-electron chi connectivity index (χ2n) is 8.51. The number of carbonyl (C=O) groups excluding carboxylic acids is 1. The average molecular weight is 424 g/mol. The number of nitrogens with zero attached hydrogens (tertiary/aromatic N) is 3. The van der Waals surface area contributed by atoms with E-state index < -0.39 is 5.60 Å². The van der Waals surface area contributed by atoms with Crippen molar-refractivity contribution in [2.75, 3.05) is 0 Å². The smallest absolute Gasteiger partial charge is 0.410 e. The number of hydrogen-bond donors (Lipinski definition) is 0. The minimum atomic E-state index is -0.532. The third-order valence-corrected chi connectivity index (χ3v) is 5.38. The van der Waals surface area contributed by atoms with Gasteiger partial charge in [0.1, 0.15) is 5.60 Å². The summed E-state index contributed by atoms with van der Waals surface area (Å²) >= 11 is 6.13. The van der Waals surface area contributed by atoms with E-state index in [1.165, 1.54) is 5.56 Å². The number of carbonyl (C=O) groups is 1. The van der Waals surface area contributed by atoms with Gasteiger partial charge < -0.3 is 4.74 Å². The van der Waals surface area contributed by atoms with Gasteiger partial charge in [0.2, 0.25) is 0 Å². The van der Waals surface area contributed by atoms with Crippen LogP contribution in [0.5, 0.6) is 0 Å². The summed E-state index contributed by atoms with van der Waals surface area (Å²) in [6.45, 7) is 8.67. The Kier molecular flexibility index (Phi) is 5.33. The zero-order valence-corrected chi connectivity index (χ0v) is 18.5. The fraction of sp³-hybridized carbons (Fsp3) is 0.333. The fourth-order valence-corrected chi connectivity index (χ4v) is 3.89. The average Bonchev–Trinajstić information content (AvgIpc) is 3.25. The van der Waals surface area contributed by atoms with Crippen molar-refractivity contribution in [2.24, 2.45) is 0 Å². The standard InChI is InChI=1S/C24H26ClN3O2/c1-5-16-8-6-7-9-21(16)28-22(17-10-12-18(25)13-11-17)19-14-27(15-20(19)26-28)23(29)30-24(2,3)4/h6-13H,5,14-15H2,1-4H3. The maximum absolute atomic E-state index is 12.6. The number of fused-ring (bicyclic) bond motifs is 1. The summed E-state index contributed by atoms with van der Waals surface area (Å²) < 4.78 is 7.58. The van der Waals surface area contributed by atoms with Crippen molar-refractivity contribution in [3.8, 4) is 16.9 Å². The lowest BCUT2D eigenvalue weighted by Crippen LogP contribution is -2.33. The van der Waals surface area contributed by atoms with Crippen LogP contribution in [0.1, 0.15) is 44.5 Å². The van der Waals surface area contributed by atoms with Gasteiger partial charge in [0.25, 0.3) is 0 Å². The molecular formula is C24H26ClN3O2. The summed E-state index contributed by atoms with van der Waals surface area (Å²) in [5.74, 6) is 0. The Labute approximate surface area is 182 Å². The number of hydrogen-bond acceptors (Lipinski definition) is 3. The number of halogens is 1. The van der Waals surface area contributed by atoms with Crippen LogP contribution in [0.4, 0.5) is 4.79 Å². The summed E-state index contributed by atoms with van der Waals surface area (Å²) in [5, 5.41) is 5.62. The van der Waals surface area contributed by atoms with Crippen LogP contribution in [0.3, 0.4) is 0 Å². The number of para-hydroxylation sites is 1. The molecule has 0 unspecified atom stereocenters. The van der Waals surface area contributed by atoms with Gasteiger partial charge in [-0.15, -0.1) is 0 Å². The largest absolute Gasteiger partial charge is 0.444 e. The molecule has 5 nitrogen and oxygen atoms in total. The summed E-state index contributed by atoms with van der Waals surface area (Å²) in [5.41, 5.74) is 5.71. The molecule has 0 aliphatic carbocycles. The lowest BCUT2D eigenvalue weighted by atomic mass is 10.1. The highest BCUT2D eigenvalue weighted by molar-refractivity contribution is 6.30. The Hall–Kier alpha value is -2.79. The van der Waals surface area contributed by atoms with Crippen LogP contribution in [0.25, 0.3) is 16.9 Å². The van der Waals surface area contributed by atoms with Gasteiger partial charge in [0.15, 0.2) is 0 Å². The van der Waals surface area contributed by atoms with Gasteiger partial charge in [0, 0.05) is 16.1 Å². The molecule has 2 aromatic carbocycles. The van der Waals surface area contributed by atoms with Crippen molar-refractivity contribution in [1.29, 1.82) is 0 Å². The Morgan fingerprint density at radius 1 is 1.10 bits per heavy atom. The number of aromatic nitrogens is 2. The van der Waals surface area contributed by atoms with E-state index in [4.69, 9.17) is 21.4 Å². The van der Waals surface area contributed by atoms with Crippen LogP contribution in [0, 0.1) is 0 Å². The molecule has 0 spiro atoms. The van der Waals surface area contributed by atoms with Crippen molar-refractivity contribution in [2.45, 2.75) is 52.8 Å². The molecule has 30 heavy (non-hydrogen) atoms. The summed E-state index contributed by atoms with van der Waals surface area (Å²) in [7, 11) is 0. The molecule has 3 aromatic rings. The second-order valence-corrected chi connectivity index (χ2v) is 8.95. The normalized spacial score (nSPS) is 13.4. The van der Waals surface area contributed by atoms with E-state index in [0.29, 0.717) is 18.1 Å². The third kappa shape index (κ3) is 3.94. The quantitative estimate of drug-likeness (QED) is 0.518. The second kappa shape index (κ2) is 7.80. The lowest BCUT2D eigenvalue weighted by Gasteiger charge is -2.24. The topological polar surface area (TPSA) is 47.4 Å². The van der Waals surface area contributed by atoms with Crippen LogP contribution < -0.4 is 0 Å². The van der Waals surface area contributed by atoms with Crippen molar-refractivity contribution in [3.05, 3.63) is 70.4 Å². The highest BCUT2D eigenvalue weighted by Crippen LogP contribution is 2.36. The Morgan fingerprint density at radius 2 is 1.80 bits per heavy atom. The number of amides is 1. The van der Waals surface area contributed by atoms with Gasteiger partial charge >= 0.3 is 6.09 Å². The first-order chi connectivity index (χ1) is 14.3. The lowest BCUT2D eigenvalue weighted by molar-refractivity contribution is 0.0239. The molecule has 1 amide bonds. The van der Waals surface area contributed by atoms with Crippen molar-refractivity contribution in [1.82, 2.24) is 14.7 Å². The van der Waals surface area contributed by atoms with Gasteiger partial charge in [0.05, 0.1) is 30.2 Å². The van der Waals surface area contributed by atoms with Gasteiger partial charge in [-0.1, -0.05) is 48.9 Å². The summed E-state index contributed by atoms with van der Waals surface area (Å²) in [4.78, 5) is 14.3. The van der Waals surface area contributed by atoms with E-state index in [9.17, 15) is 4.79 Å². The molecule has 1 aliphatic heterocycles. The SMILES string of the molecule is CCc1ccccc1-n1nc2c(c1-c1ccc(Cl)cc1)CN(C(=O)OC(C)(C)C)C2. The molecule has 1 aliphatic rings. The molecule has 0 radical (unpaired) electrons. The zero-order valence-electron chi connectivity index (χ0n) is 17.8. The first kappa shape index (κ1) is 20.5. The van der Waals surface area contributed by atoms with E-state index in [1.54, 1.807) is 4.90 Å². The molecule has 2 heterocycles. The minimum absolute atomic E-state index is 0.317. The van der Waals surface area contributed by atoms with Crippen molar-refractivity contribution < 1.29 is 9.53 Å². The van der Waals surface area contributed by atoms with Crippen molar-refractivity contribution >= 4 is 17.7 Å². The highest BCUT2D eigenvalue weighted by Gasteiger charge is 2.33. The third-order valence-electron chi connectivity index (χ3n) is 5.13.